The van der Waals surface area contributed by atoms with Crippen molar-refractivity contribution in [2.24, 2.45) is 0 Å². The highest BCUT2D eigenvalue weighted by Gasteiger charge is 2.23. The number of aromatic nitrogens is 3. The van der Waals surface area contributed by atoms with Crippen LogP contribution in [-0.2, 0) is 4.79 Å². The van der Waals surface area contributed by atoms with E-state index in [1.165, 1.54) is 17.7 Å². The van der Waals surface area contributed by atoms with Crippen LogP contribution in [0.3, 0.4) is 0 Å². The molecule has 7 nitrogen and oxygen atoms in total. The lowest BCUT2D eigenvalue weighted by molar-refractivity contribution is -0.138. The predicted molar refractivity (Wildman–Crippen MR) is 72.7 cm³/mol. The Morgan fingerprint density at radius 2 is 2.35 bits per heavy atom. The lowest BCUT2D eigenvalue weighted by Gasteiger charge is -2.13. The Bertz CT molecular complexity index is 753. The van der Waals surface area contributed by atoms with Gasteiger partial charge in [-0.1, -0.05) is 11.2 Å². The van der Waals surface area contributed by atoms with Crippen LogP contribution in [0.15, 0.2) is 28.4 Å². The molecule has 3 rings (SSSR count). The zero-order valence-corrected chi connectivity index (χ0v) is 11.2. The van der Waals surface area contributed by atoms with Gasteiger partial charge in [-0.2, -0.15) is 4.98 Å². The maximum Gasteiger partial charge on any atom is 0.331 e. The molecule has 0 bridgehead atoms. The Balaban J connectivity index is 2.03. The molecule has 0 aliphatic heterocycles. The smallest absolute Gasteiger partial charge is 0.331 e. The van der Waals surface area contributed by atoms with E-state index in [2.05, 4.69) is 20.4 Å². The second kappa shape index (κ2) is 4.89. The third-order valence-corrected chi connectivity index (χ3v) is 3.74. The molecule has 102 valence electrons. The normalized spacial score (nSPS) is 12.4. The van der Waals surface area contributed by atoms with Crippen molar-refractivity contribution in [1.82, 2.24) is 15.1 Å². The minimum absolute atomic E-state index is 0.329. The molecule has 8 heteroatoms. The van der Waals surface area contributed by atoms with Gasteiger partial charge in [0.1, 0.15) is 17.5 Å². The quantitative estimate of drug-likeness (QED) is 0.759. The first kappa shape index (κ1) is 12.5. The first-order chi connectivity index (χ1) is 9.66. The number of thiophene rings is 1. The van der Waals surface area contributed by atoms with Gasteiger partial charge in [0.05, 0.1) is 5.69 Å². The van der Waals surface area contributed by atoms with Gasteiger partial charge in [-0.05, 0) is 18.4 Å². The number of nitrogens with zero attached hydrogens (tertiary/aromatic N) is 3. The monoisotopic (exact) mass is 290 g/mol. The van der Waals surface area contributed by atoms with Crippen LogP contribution in [0.25, 0.3) is 11.1 Å². The summed E-state index contributed by atoms with van der Waals surface area (Å²) in [4.78, 5) is 20.2. The molecule has 3 heterocycles. The summed E-state index contributed by atoms with van der Waals surface area (Å²) in [6, 6.07) is 2.69. The number of carboxylic acid groups (broad SMARTS) is 1. The van der Waals surface area contributed by atoms with E-state index in [0.717, 1.165) is 0 Å². The molecule has 3 aromatic rings. The van der Waals surface area contributed by atoms with Crippen LogP contribution < -0.4 is 5.32 Å². The molecular formula is C12H10N4O3S. The first-order valence-electron chi connectivity index (χ1n) is 5.76. The highest BCUT2D eigenvalue weighted by molar-refractivity contribution is 7.10. The molecule has 0 saturated carbocycles. The largest absolute Gasteiger partial charge is 0.479 e. The number of aryl methyl sites for hydroxylation is 1. The van der Waals surface area contributed by atoms with Crippen molar-refractivity contribution < 1.29 is 14.4 Å². The van der Waals surface area contributed by atoms with Gasteiger partial charge in [-0.15, -0.1) is 11.3 Å². The lowest BCUT2D eigenvalue weighted by Crippen LogP contribution is -2.20. The Labute approximate surface area is 117 Å². The van der Waals surface area contributed by atoms with Gasteiger partial charge in [-0.25, -0.2) is 9.78 Å². The van der Waals surface area contributed by atoms with Crippen molar-refractivity contribution in [3.8, 4) is 0 Å². The maximum absolute atomic E-state index is 11.4. The molecule has 0 fully saturated rings. The second-order valence-electron chi connectivity index (χ2n) is 4.10. The van der Waals surface area contributed by atoms with Gasteiger partial charge in [-0.3, -0.25) is 0 Å². The SMILES string of the molecule is Cc1noc2ncnc(NC(C(=O)O)c3cccs3)c12. The standard InChI is InChI=1S/C12H10N4O3S/c1-6-8-10(13-5-14-11(8)19-16-6)15-9(12(17)18)7-3-2-4-20-7/h2-5,9H,1H3,(H,17,18)(H,13,14,15). The molecular weight excluding hydrogens is 280 g/mol. The number of anilines is 1. The first-order valence-corrected chi connectivity index (χ1v) is 6.64. The van der Waals surface area contributed by atoms with Crippen molar-refractivity contribution >= 4 is 34.2 Å². The van der Waals surface area contributed by atoms with E-state index in [4.69, 9.17) is 4.52 Å². The van der Waals surface area contributed by atoms with Gasteiger partial charge in [0.15, 0.2) is 6.04 Å². The average Bonchev–Trinajstić information content (AvgIpc) is 3.06. The van der Waals surface area contributed by atoms with Crippen LogP contribution in [-0.4, -0.2) is 26.2 Å². The molecule has 0 spiro atoms. The summed E-state index contributed by atoms with van der Waals surface area (Å²) >= 11 is 1.36. The fraction of sp³-hybridized carbons (Fsp3) is 0.167. The minimum Gasteiger partial charge on any atom is -0.479 e. The summed E-state index contributed by atoms with van der Waals surface area (Å²) in [7, 11) is 0. The van der Waals surface area contributed by atoms with Crippen LogP contribution in [0.5, 0.6) is 0 Å². The number of aliphatic carboxylic acids is 1. The molecule has 2 N–H and O–H groups in total. The van der Waals surface area contributed by atoms with Crippen LogP contribution in [0.4, 0.5) is 5.82 Å². The van der Waals surface area contributed by atoms with E-state index in [1.807, 2.05) is 5.38 Å². The Morgan fingerprint density at radius 1 is 1.50 bits per heavy atom. The molecule has 1 atom stereocenters. The number of hydrogen-bond acceptors (Lipinski definition) is 7. The van der Waals surface area contributed by atoms with Crippen LogP contribution >= 0.6 is 11.3 Å². The number of hydrogen-bond donors (Lipinski definition) is 2. The maximum atomic E-state index is 11.4. The highest BCUT2D eigenvalue weighted by atomic mass is 32.1. The highest BCUT2D eigenvalue weighted by Crippen LogP contribution is 2.28. The number of carboxylic acids is 1. The Kier molecular flexibility index (Phi) is 3.07. The summed E-state index contributed by atoms with van der Waals surface area (Å²) in [5.74, 6) is -0.581. The molecule has 20 heavy (non-hydrogen) atoms. The van der Waals surface area contributed by atoms with E-state index in [0.29, 0.717) is 27.5 Å². The van der Waals surface area contributed by atoms with E-state index in [-0.39, 0.29) is 0 Å². The Morgan fingerprint density at radius 3 is 3.05 bits per heavy atom. The molecule has 0 saturated heterocycles. The molecule has 0 radical (unpaired) electrons. The molecule has 0 aliphatic carbocycles. The zero-order chi connectivity index (χ0) is 14.1. The van der Waals surface area contributed by atoms with Gasteiger partial charge < -0.3 is 14.9 Å². The number of nitrogens with one attached hydrogen (secondary N) is 1. The van der Waals surface area contributed by atoms with Crippen molar-refractivity contribution in [3.63, 3.8) is 0 Å². The van der Waals surface area contributed by atoms with Gasteiger partial charge in [0.2, 0.25) is 0 Å². The van der Waals surface area contributed by atoms with E-state index in [1.54, 1.807) is 19.1 Å². The third kappa shape index (κ3) is 2.10. The van der Waals surface area contributed by atoms with Gasteiger partial charge in [0, 0.05) is 4.88 Å². The molecule has 0 amide bonds. The summed E-state index contributed by atoms with van der Waals surface area (Å²) < 4.78 is 5.04. The van der Waals surface area contributed by atoms with E-state index in [9.17, 15) is 9.90 Å². The molecule has 0 aliphatic rings. The van der Waals surface area contributed by atoms with Crippen molar-refractivity contribution in [2.45, 2.75) is 13.0 Å². The van der Waals surface area contributed by atoms with Crippen molar-refractivity contribution in [2.75, 3.05) is 5.32 Å². The molecule has 1 unspecified atom stereocenters. The van der Waals surface area contributed by atoms with E-state index >= 15 is 0 Å². The lowest BCUT2D eigenvalue weighted by atomic mass is 10.2. The second-order valence-corrected chi connectivity index (χ2v) is 5.08. The number of rotatable bonds is 4. The summed E-state index contributed by atoms with van der Waals surface area (Å²) in [6.45, 7) is 1.75. The summed E-state index contributed by atoms with van der Waals surface area (Å²) in [5, 5.41) is 18.5. The van der Waals surface area contributed by atoms with Crippen LogP contribution in [0, 0.1) is 6.92 Å². The van der Waals surface area contributed by atoms with Crippen LogP contribution in [0.1, 0.15) is 16.6 Å². The van der Waals surface area contributed by atoms with Gasteiger partial charge in [0.25, 0.3) is 5.71 Å². The minimum atomic E-state index is -0.978. The average molecular weight is 290 g/mol. The fourth-order valence-electron chi connectivity index (χ4n) is 1.88. The van der Waals surface area contributed by atoms with Crippen LogP contribution in [0.2, 0.25) is 0 Å². The Hall–Kier alpha value is -2.48. The van der Waals surface area contributed by atoms with E-state index < -0.39 is 12.0 Å². The summed E-state index contributed by atoms with van der Waals surface area (Å²) in [5.41, 5.74) is 0.939. The van der Waals surface area contributed by atoms with Crippen molar-refractivity contribution in [1.29, 1.82) is 0 Å². The topological polar surface area (TPSA) is 101 Å². The number of carbonyl (C=O) groups is 1. The fourth-order valence-corrected chi connectivity index (χ4v) is 2.65. The zero-order valence-electron chi connectivity index (χ0n) is 10.4. The van der Waals surface area contributed by atoms with Crippen molar-refractivity contribution in [3.05, 3.63) is 34.4 Å². The third-order valence-electron chi connectivity index (χ3n) is 2.80. The predicted octanol–water partition coefficient (Wildman–Crippen LogP) is 2.23. The van der Waals surface area contributed by atoms with Gasteiger partial charge >= 0.3 is 5.97 Å². The molecule has 0 aromatic carbocycles. The molecule has 3 aromatic heterocycles. The number of fused-ring (bicyclic) bond motifs is 1. The summed E-state index contributed by atoms with van der Waals surface area (Å²) in [6.07, 6.45) is 1.31.